The number of unbranched alkanes of at least 4 members (excludes halogenated alkanes) is 1. The Bertz CT molecular complexity index is 438. The van der Waals surface area contributed by atoms with E-state index in [1.807, 2.05) is 6.07 Å². The van der Waals surface area contributed by atoms with E-state index in [0.717, 1.165) is 31.4 Å². The Morgan fingerprint density at radius 3 is 2.83 bits per heavy atom. The minimum absolute atomic E-state index is 0.0884. The van der Waals surface area contributed by atoms with Gasteiger partial charge in [-0.25, -0.2) is 0 Å². The maximum atomic E-state index is 11.8. The molecule has 98 valence electrons. The standard InChI is InChI=1S/C15H20O3/c1-2-3-10-17-15-11-13(8-5-9-14(15)16)18-12-6-4-7-12/h5,8-9,11-12H,2-4,6-7,10H2,1H3. The second kappa shape index (κ2) is 6.43. The molecule has 0 spiro atoms. The zero-order valence-corrected chi connectivity index (χ0v) is 10.9. The summed E-state index contributed by atoms with van der Waals surface area (Å²) in [5.41, 5.74) is -0.0884. The minimum atomic E-state index is -0.0884. The Balaban J connectivity index is 2.08. The number of hydrogen-bond acceptors (Lipinski definition) is 3. The van der Waals surface area contributed by atoms with E-state index in [0.29, 0.717) is 18.5 Å². The van der Waals surface area contributed by atoms with Crippen LogP contribution in [-0.4, -0.2) is 12.7 Å². The number of rotatable bonds is 6. The van der Waals surface area contributed by atoms with Crippen molar-refractivity contribution in [2.24, 2.45) is 0 Å². The Morgan fingerprint density at radius 1 is 1.33 bits per heavy atom. The van der Waals surface area contributed by atoms with Gasteiger partial charge < -0.3 is 9.47 Å². The topological polar surface area (TPSA) is 35.5 Å². The predicted octanol–water partition coefficient (Wildman–Crippen LogP) is 3.16. The smallest absolute Gasteiger partial charge is 0.220 e. The largest absolute Gasteiger partial charge is 0.490 e. The van der Waals surface area contributed by atoms with Crippen LogP contribution in [0.4, 0.5) is 0 Å². The van der Waals surface area contributed by atoms with Crippen LogP contribution in [-0.2, 0) is 0 Å². The van der Waals surface area contributed by atoms with Crippen LogP contribution in [0.5, 0.6) is 11.5 Å². The molecule has 0 atom stereocenters. The van der Waals surface area contributed by atoms with Crippen LogP contribution in [0.3, 0.4) is 0 Å². The molecule has 1 aromatic carbocycles. The van der Waals surface area contributed by atoms with Crippen molar-refractivity contribution in [3.8, 4) is 11.5 Å². The van der Waals surface area contributed by atoms with Gasteiger partial charge >= 0.3 is 0 Å². The van der Waals surface area contributed by atoms with Gasteiger partial charge in [-0.15, -0.1) is 0 Å². The quantitative estimate of drug-likeness (QED) is 0.725. The van der Waals surface area contributed by atoms with Crippen molar-refractivity contribution < 1.29 is 9.47 Å². The normalized spacial score (nSPS) is 14.9. The molecule has 0 radical (unpaired) electrons. The fraction of sp³-hybridized carbons (Fsp3) is 0.533. The van der Waals surface area contributed by atoms with E-state index in [1.54, 1.807) is 12.1 Å². The van der Waals surface area contributed by atoms with Gasteiger partial charge in [0, 0.05) is 6.07 Å². The van der Waals surface area contributed by atoms with Crippen molar-refractivity contribution in [3.63, 3.8) is 0 Å². The van der Waals surface area contributed by atoms with Crippen molar-refractivity contribution in [2.45, 2.75) is 45.1 Å². The molecule has 18 heavy (non-hydrogen) atoms. The summed E-state index contributed by atoms with van der Waals surface area (Å²) in [4.78, 5) is 11.8. The second-order valence-electron chi connectivity index (χ2n) is 4.67. The molecule has 0 amide bonds. The van der Waals surface area contributed by atoms with Crippen molar-refractivity contribution >= 4 is 0 Å². The molecule has 0 bridgehead atoms. The highest BCUT2D eigenvalue weighted by Crippen LogP contribution is 2.25. The van der Waals surface area contributed by atoms with Gasteiger partial charge in [-0.3, -0.25) is 4.79 Å². The van der Waals surface area contributed by atoms with Gasteiger partial charge in [0.05, 0.1) is 12.7 Å². The summed E-state index contributed by atoms with van der Waals surface area (Å²) in [6.45, 7) is 2.68. The SMILES string of the molecule is CCCCOc1cc(OC2CCC2)cccc1=O. The summed E-state index contributed by atoms with van der Waals surface area (Å²) in [6, 6.07) is 6.79. The maximum absolute atomic E-state index is 11.8. The zero-order valence-electron chi connectivity index (χ0n) is 10.9. The van der Waals surface area contributed by atoms with Crippen molar-refractivity contribution in [3.05, 3.63) is 34.5 Å². The second-order valence-corrected chi connectivity index (χ2v) is 4.67. The van der Waals surface area contributed by atoms with Crippen LogP contribution >= 0.6 is 0 Å². The van der Waals surface area contributed by atoms with Crippen LogP contribution < -0.4 is 14.9 Å². The third-order valence-electron chi connectivity index (χ3n) is 3.13. The predicted molar refractivity (Wildman–Crippen MR) is 71.4 cm³/mol. The average molecular weight is 248 g/mol. The average Bonchev–Trinajstić information content (AvgIpc) is 2.47. The minimum Gasteiger partial charge on any atom is -0.490 e. The van der Waals surface area contributed by atoms with Crippen LogP contribution in [0.15, 0.2) is 29.1 Å². The van der Waals surface area contributed by atoms with Gasteiger partial charge in [0.25, 0.3) is 0 Å². The molecule has 0 unspecified atom stereocenters. The van der Waals surface area contributed by atoms with Crippen molar-refractivity contribution in [1.82, 2.24) is 0 Å². The van der Waals surface area contributed by atoms with Crippen molar-refractivity contribution in [1.29, 1.82) is 0 Å². The third-order valence-corrected chi connectivity index (χ3v) is 3.13. The molecule has 3 nitrogen and oxygen atoms in total. The van der Waals surface area contributed by atoms with Crippen LogP contribution in [0.1, 0.15) is 39.0 Å². The molecule has 1 aliphatic carbocycles. The lowest BCUT2D eigenvalue weighted by molar-refractivity contribution is 0.120. The lowest BCUT2D eigenvalue weighted by Gasteiger charge is -2.26. The molecule has 1 saturated carbocycles. The fourth-order valence-electron chi connectivity index (χ4n) is 1.75. The van der Waals surface area contributed by atoms with E-state index in [2.05, 4.69) is 6.92 Å². The molecule has 3 heteroatoms. The molecule has 1 fully saturated rings. The summed E-state index contributed by atoms with van der Waals surface area (Å²) in [7, 11) is 0. The first-order valence-electron chi connectivity index (χ1n) is 6.73. The molecular formula is C15H20O3. The molecular weight excluding hydrogens is 228 g/mol. The van der Waals surface area contributed by atoms with Crippen LogP contribution in [0, 0.1) is 0 Å². The van der Waals surface area contributed by atoms with Crippen LogP contribution in [0.25, 0.3) is 0 Å². The van der Waals surface area contributed by atoms with E-state index in [-0.39, 0.29) is 5.43 Å². The number of hydrogen-bond donors (Lipinski definition) is 0. The van der Waals surface area contributed by atoms with E-state index in [4.69, 9.17) is 9.47 Å². The van der Waals surface area contributed by atoms with E-state index in [9.17, 15) is 4.79 Å². The molecule has 0 saturated heterocycles. The third kappa shape index (κ3) is 3.49. The summed E-state index contributed by atoms with van der Waals surface area (Å²) >= 11 is 0. The molecule has 1 aliphatic rings. The van der Waals surface area contributed by atoms with Gasteiger partial charge in [-0.05, 0) is 37.8 Å². The summed E-state index contributed by atoms with van der Waals surface area (Å²) < 4.78 is 11.3. The highest BCUT2D eigenvalue weighted by atomic mass is 16.5. The van der Waals surface area contributed by atoms with Gasteiger partial charge in [-0.1, -0.05) is 19.4 Å². The van der Waals surface area contributed by atoms with Gasteiger partial charge in [0.2, 0.25) is 5.43 Å². The van der Waals surface area contributed by atoms with Gasteiger partial charge in [0.1, 0.15) is 5.75 Å². The Labute approximate surface area is 108 Å². The summed E-state index contributed by atoms with van der Waals surface area (Å²) in [6.07, 6.45) is 5.76. The van der Waals surface area contributed by atoms with E-state index < -0.39 is 0 Å². The number of ether oxygens (including phenoxy) is 2. The fourth-order valence-corrected chi connectivity index (χ4v) is 1.75. The first kappa shape index (κ1) is 12.9. The zero-order chi connectivity index (χ0) is 12.8. The molecule has 0 aliphatic heterocycles. The summed E-state index contributed by atoms with van der Waals surface area (Å²) in [5.74, 6) is 1.12. The Morgan fingerprint density at radius 2 is 2.17 bits per heavy atom. The first-order chi connectivity index (χ1) is 8.79. The highest BCUT2D eigenvalue weighted by Gasteiger charge is 2.19. The van der Waals surface area contributed by atoms with E-state index in [1.165, 1.54) is 12.5 Å². The Hall–Kier alpha value is -1.51. The Kier molecular flexibility index (Phi) is 4.62. The summed E-state index contributed by atoms with van der Waals surface area (Å²) in [5, 5.41) is 0. The molecule has 0 N–H and O–H groups in total. The molecule has 2 rings (SSSR count). The lowest BCUT2D eigenvalue weighted by Crippen LogP contribution is -2.24. The molecule has 0 heterocycles. The molecule has 1 aromatic rings. The van der Waals surface area contributed by atoms with Crippen molar-refractivity contribution in [2.75, 3.05) is 6.61 Å². The van der Waals surface area contributed by atoms with Gasteiger partial charge in [-0.2, -0.15) is 0 Å². The van der Waals surface area contributed by atoms with Crippen LogP contribution in [0.2, 0.25) is 0 Å². The highest BCUT2D eigenvalue weighted by molar-refractivity contribution is 5.31. The van der Waals surface area contributed by atoms with E-state index >= 15 is 0 Å². The maximum Gasteiger partial charge on any atom is 0.220 e. The monoisotopic (exact) mass is 248 g/mol. The first-order valence-corrected chi connectivity index (χ1v) is 6.73. The molecule has 0 aromatic heterocycles. The lowest BCUT2D eigenvalue weighted by atomic mass is 9.96. The van der Waals surface area contributed by atoms with Gasteiger partial charge in [0.15, 0.2) is 5.75 Å².